The molecule has 0 N–H and O–H groups in total. The number of aromatic nitrogens is 2. The molecule has 0 aliphatic carbocycles. The van der Waals surface area contributed by atoms with Gasteiger partial charge in [-0.3, -0.25) is 9.59 Å². The van der Waals surface area contributed by atoms with Crippen molar-refractivity contribution < 1.29 is 4.79 Å². The number of piperidine rings is 1. The number of benzene rings is 1. The Morgan fingerprint density at radius 3 is 2.71 bits per heavy atom. The molecule has 126 valence electrons. The van der Waals surface area contributed by atoms with Crippen LogP contribution in [0.3, 0.4) is 0 Å². The maximum Gasteiger partial charge on any atom is 0.293 e. The quantitative estimate of drug-likeness (QED) is 0.799. The van der Waals surface area contributed by atoms with Crippen molar-refractivity contribution in [3.8, 4) is 0 Å². The third-order valence-electron chi connectivity index (χ3n) is 4.56. The minimum absolute atomic E-state index is 0.0805. The van der Waals surface area contributed by atoms with Gasteiger partial charge in [0, 0.05) is 44.5 Å². The van der Waals surface area contributed by atoms with Crippen LogP contribution in [0, 0.1) is 5.92 Å². The fraction of sp³-hybridized carbons (Fsp3) is 0.389. The number of hydrogen-bond donors (Lipinski definition) is 0. The molecule has 1 aromatic carbocycles. The van der Waals surface area contributed by atoms with Gasteiger partial charge in [0.05, 0.1) is 5.02 Å². The van der Waals surface area contributed by atoms with Crippen LogP contribution in [0.15, 0.2) is 41.5 Å². The van der Waals surface area contributed by atoms with Crippen LogP contribution in [-0.4, -0.2) is 28.4 Å². The fourth-order valence-electron chi connectivity index (χ4n) is 3.11. The van der Waals surface area contributed by atoms with Gasteiger partial charge in [-0.05, 0) is 30.9 Å². The molecular formula is C18H20ClN3O2. The molecule has 24 heavy (non-hydrogen) atoms. The lowest BCUT2D eigenvalue weighted by molar-refractivity contribution is 0.0954. The van der Waals surface area contributed by atoms with Crippen LogP contribution in [0.2, 0.25) is 5.02 Å². The van der Waals surface area contributed by atoms with Crippen LogP contribution < -0.4 is 10.5 Å². The van der Waals surface area contributed by atoms with Gasteiger partial charge in [0.1, 0.15) is 0 Å². The molecular weight excluding hydrogens is 326 g/mol. The monoisotopic (exact) mass is 345 g/mol. The van der Waals surface area contributed by atoms with Crippen molar-refractivity contribution in [3.63, 3.8) is 0 Å². The molecule has 0 radical (unpaired) electrons. The number of hydrogen-bond acceptors (Lipinski definition) is 4. The molecule has 1 saturated heterocycles. The van der Waals surface area contributed by atoms with Gasteiger partial charge in [0.15, 0.2) is 11.6 Å². The van der Waals surface area contributed by atoms with Crippen LogP contribution in [0.1, 0.15) is 29.6 Å². The van der Waals surface area contributed by atoms with E-state index in [1.54, 1.807) is 31.6 Å². The minimum Gasteiger partial charge on any atom is -0.352 e. The van der Waals surface area contributed by atoms with E-state index in [4.69, 9.17) is 11.6 Å². The molecule has 3 rings (SSSR count). The Morgan fingerprint density at radius 2 is 2.00 bits per heavy atom. The number of aryl methyl sites for hydroxylation is 1. The van der Waals surface area contributed by atoms with E-state index in [9.17, 15) is 9.59 Å². The average Bonchev–Trinajstić information content (AvgIpc) is 2.58. The molecule has 6 heteroatoms. The number of carbonyl (C=O) groups is 1. The Balaban J connectivity index is 1.61. The summed E-state index contributed by atoms with van der Waals surface area (Å²) in [6.45, 7) is 1.49. The molecule has 0 saturated carbocycles. The summed E-state index contributed by atoms with van der Waals surface area (Å²) in [5.74, 6) is 0.904. The molecule has 0 atom stereocenters. The van der Waals surface area contributed by atoms with Crippen LogP contribution in [0.25, 0.3) is 0 Å². The van der Waals surface area contributed by atoms with Crippen molar-refractivity contribution in [1.29, 1.82) is 0 Å². The van der Waals surface area contributed by atoms with Crippen molar-refractivity contribution in [2.24, 2.45) is 13.0 Å². The highest BCUT2D eigenvalue weighted by atomic mass is 35.5. The SMILES string of the molecule is Cn1ccnc(N2CCC(CC(=O)c3ccccc3Cl)CC2)c1=O. The number of rotatable bonds is 4. The van der Waals surface area contributed by atoms with Crippen molar-refractivity contribution in [3.05, 3.63) is 57.6 Å². The highest BCUT2D eigenvalue weighted by Gasteiger charge is 2.24. The summed E-state index contributed by atoms with van der Waals surface area (Å²) in [4.78, 5) is 30.8. The van der Waals surface area contributed by atoms with E-state index in [1.165, 1.54) is 4.57 Å². The van der Waals surface area contributed by atoms with Gasteiger partial charge in [-0.1, -0.05) is 23.7 Å². The Morgan fingerprint density at radius 1 is 1.29 bits per heavy atom. The number of anilines is 1. The summed E-state index contributed by atoms with van der Waals surface area (Å²) in [6.07, 6.45) is 5.54. The maximum atomic E-state index is 12.4. The van der Waals surface area contributed by atoms with E-state index in [-0.39, 0.29) is 11.3 Å². The van der Waals surface area contributed by atoms with Gasteiger partial charge in [0.25, 0.3) is 5.56 Å². The maximum absolute atomic E-state index is 12.4. The summed E-state index contributed by atoms with van der Waals surface area (Å²) in [5.41, 5.74) is 0.517. The summed E-state index contributed by atoms with van der Waals surface area (Å²) >= 11 is 6.10. The van der Waals surface area contributed by atoms with Gasteiger partial charge < -0.3 is 9.47 Å². The van der Waals surface area contributed by atoms with Crippen LogP contribution >= 0.6 is 11.6 Å². The second-order valence-corrected chi connectivity index (χ2v) is 6.61. The first kappa shape index (κ1) is 16.7. The molecule has 5 nitrogen and oxygen atoms in total. The van der Waals surface area contributed by atoms with Crippen molar-refractivity contribution in [1.82, 2.24) is 9.55 Å². The topological polar surface area (TPSA) is 55.2 Å². The lowest BCUT2D eigenvalue weighted by atomic mass is 9.90. The van der Waals surface area contributed by atoms with E-state index in [2.05, 4.69) is 4.98 Å². The predicted octanol–water partition coefficient (Wildman–Crippen LogP) is 2.92. The fourth-order valence-corrected chi connectivity index (χ4v) is 3.35. The highest BCUT2D eigenvalue weighted by Crippen LogP contribution is 2.26. The van der Waals surface area contributed by atoms with Gasteiger partial charge in [-0.15, -0.1) is 0 Å². The van der Waals surface area contributed by atoms with Crippen molar-refractivity contribution in [2.45, 2.75) is 19.3 Å². The number of carbonyl (C=O) groups excluding carboxylic acids is 1. The lowest BCUT2D eigenvalue weighted by Gasteiger charge is -2.32. The number of Topliss-reactive ketones (excluding diaryl/α,β-unsaturated/α-hetero) is 1. The molecule has 2 heterocycles. The minimum atomic E-state index is -0.0805. The Labute approximate surface area is 145 Å². The Bertz CT molecular complexity index is 795. The summed E-state index contributed by atoms with van der Waals surface area (Å²) in [7, 11) is 1.72. The molecule has 1 fully saturated rings. The first-order chi connectivity index (χ1) is 11.6. The molecule has 0 unspecified atom stereocenters. The van der Waals surface area contributed by atoms with Crippen LogP contribution in [0.5, 0.6) is 0 Å². The van der Waals surface area contributed by atoms with E-state index in [0.717, 1.165) is 25.9 Å². The number of ketones is 1. The Kier molecular flexibility index (Phi) is 5.00. The third kappa shape index (κ3) is 3.51. The summed E-state index contributed by atoms with van der Waals surface area (Å²) < 4.78 is 1.54. The van der Waals surface area contributed by atoms with Gasteiger partial charge >= 0.3 is 0 Å². The van der Waals surface area contributed by atoms with E-state index in [1.807, 2.05) is 17.0 Å². The molecule has 0 bridgehead atoms. The predicted molar refractivity (Wildman–Crippen MR) is 94.8 cm³/mol. The second kappa shape index (κ2) is 7.18. The summed E-state index contributed by atoms with van der Waals surface area (Å²) in [5, 5.41) is 0.511. The zero-order valence-corrected chi connectivity index (χ0v) is 14.4. The first-order valence-corrected chi connectivity index (χ1v) is 8.48. The van der Waals surface area contributed by atoms with E-state index >= 15 is 0 Å². The van der Waals surface area contributed by atoms with E-state index < -0.39 is 0 Å². The largest absolute Gasteiger partial charge is 0.352 e. The molecule has 1 aromatic heterocycles. The molecule has 1 aliphatic rings. The second-order valence-electron chi connectivity index (χ2n) is 6.20. The smallest absolute Gasteiger partial charge is 0.293 e. The Hall–Kier alpha value is -2.14. The zero-order chi connectivity index (χ0) is 17.1. The molecule has 0 spiro atoms. The normalized spacial score (nSPS) is 15.5. The van der Waals surface area contributed by atoms with Crippen LogP contribution in [0.4, 0.5) is 5.82 Å². The third-order valence-corrected chi connectivity index (χ3v) is 4.89. The van der Waals surface area contributed by atoms with Crippen molar-refractivity contribution >= 4 is 23.2 Å². The van der Waals surface area contributed by atoms with Crippen molar-refractivity contribution in [2.75, 3.05) is 18.0 Å². The van der Waals surface area contributed by atoms with Gasteiger partial charge in [-0.25, -0.2) is 4.98 Å². The number of halogens is 1. The van der Waals surface area contributed by atoms with E-state index in [0.29, 0.717) is 28.7 Å². The molecule has 0 amide bonds. The molecule has 2 aromatic rings. The zero-order valence-electron chi connectivity index (χ0n) is 13.6. The number of nitrogens with zero attached hydrogens (tertiary/aromatic N) is 3. The van der Waals surface area contributed by atoms with Gasteiger partial charge in [0.2, 0.25) is 0 Å². The standard InChI is InChI=1S/C18H20ClN3O2/c1-21-11-8-20-17(18(21)24)22-9-6-13(7-10-22)12-16(23)14-4-2-3-5-15(14)19/h2-5,8,11,13H,6-7,9-10,12H2,1H3. The average molecular weight is 346 g/mol. The highest BCUT2D eigenvalue weighted by molar-refractivity contribution is 6.33. The molecule has 1 aliphatic heterocycles. The first-order valence-electron chi connectivity index (χ1n) is 8.10. The van der Waals surface area contributed by atoms with Gasteiger partial charge in [-0.2, -0.15) is 0 Å². The lowest BCUT2D eigenvalue weighted by Crippen LogP contribution is -2.39. The summed E-state index contributed by atoms with van der Waals surface area (Å²) in [6, 6.07) is 7.18. The van der Waals surface area contributed by atoms with Crippen LogP contribution in [-0.2, 0) is 7.05 Å².